The van der Waals surface area contributed by atoms with Crippen LogP contribution in [0.4, 0.5) is 0 Å². The van der Waals surface area contributed by atoms with Crippen LogP contribution in [0.5, 0.6) is 5.75 Å². The van der Waals surface area contributed by atoms with Gasteiger partial charge in [-0.2, -0.15) is 0 Å². The minimum atomic E-state index is -0.0699. The Hall–Kier alpha value is -1.22. The van der Waals surface area contributed by atoms with Gasteiger partial charge in [0.2, 0.25) is 0 Å². The average molecular weight is 340 g/mol. The first kappa shape index (κ1) is 19.8. The second-order valence-electron chi connectivity index (χ2n) is 5.92. The van der Waals surface area contributed by atoms with Gasteiger partial charge in [0, 0.05) is 11.6 Å². The summed E-state index contributed by atoms with van der Waals surface area (Å²) >= 11 is 5.79. The van der Waals surface area contributed by atoms with Gasteiger partial charge >= 0.3 is 0 Å². The zero-order valence-corrected chi connectivity index (χ0v) is 15.0. The molecule has 1 aromatic rings. The minimum absolute atomic E-state index is 0.0546. The number of halogens is 1. The van der Waals surface area contributed by atoms with Gasteiger partial charge < -0.3 is 10.1 Å². The summed E-state index contributed by atoms with van der Waals surface area (Å²) in [5.41, 5.74) is 0. The molecule has 0 bridgehead atoms. The summed E-state index contributed by atoms with van der Waals surface area (Å²) in [4.78, 5) is 11.7. The lowest BCUT2D eigenvalue weighted by atomic mass is 10.1. The smallest absolute Gasteiger partial charge is 0.257 e. The molecular weight excluding hydrogens is 310 g/mol. The van der Waals surface area contributed by atoms with Gasteiger partial charge in [-0.25, -0.2) is 0 Å². The van der Waals surface area contributed by atoms with E-state index in [1.165, 1.54) is 51.4 Å². The zero-order valence-electron chi connectivity index (χ0n) is 14.3. The number of amides is 1. The second-order valence-corrected chi connectivity index (χ2v) is 6.36. The number of hydrogen-bond donors (Lipinski definition) is 1. The Morgan fingerprint density at radius 1 is 0.957 bits per heavy atom. The molecule has 0 saturated heterocycles. The number of nitrogens with one attached hydrogen (secondary N) is 1. The third-order valence-electron chi connectivity index (χ3n) is 3.79. The molecule has 0 aliphatic carbocycles. The van der Waals surface area contributed by atoms with Gasteiger partial charge in [-0.15, -0.1) is 0 Å². The molecule has 1 rings (SSSR count). The van der Waals surface area contributed by atoms with Crippen LogP contribution in [0.2, 0.25) is 5.02 Å². The highest BCUT2D eigenvalue weighted by molar-refractivity contribution is 6.30. The van der Waals surface area contributed by atoms with Crippen LogP contribution in [0, 0.1) is 0 Å². The van der Waals surface area contributed by atoms with Crippen molar-refractivity contribution in [1.82, 2.24) is 5.32 Å². The number of benzene rings is 1. The number of carbonyl (C=O) groups is 1. The first-order chi connectivity index (χ1) is 11.2. The number of carbonyl (C=O) groups excluding carboxylic acids is 1. The fraction of sp³-hybridized carbons (Fsp3) is 0.632. The summed E-state index contributed by atoms with van der Waals surface area (Å²) in [5.74, 6) is 0.590. The van der Waals surface area contributed by atoms with Crippen molar-refractivity contribution in [2.75, 3.05) is 13.2 Å². The topological polar surface area (TPSA) is 38.3 Å². The SMILES string of the molecule is CCCCCCCCCCCNC(=O)COc1ccc(Cl)cc1. The van der Waals surface area contributed by atoms with Crippen molar-refractivity contribution in [2.24, 2.45) is 0 Å². The molecule has 0 atom stereocenters. The molecule has 0 heterocycles. The number of ether oxygens (including phenoxy) is 1. The van der Waals surface area contributed by atoms with Crippen LogP contribution >= 0.6 is 11.6 Å². The van der Waals surface area contributed by atoms with Gasteiger partial charge in [0.15, 0.2) is 6.61 Å². The van der Waals surface area contributed by atoms with E-state index in [1.54, 1.807) is 24.3 Å². The lowest BCUT2D eigenvalue weighted by Gasteiger charge is -2.07. The second kappa shape index (κ2) is 13.2. The first-order valence-corrected chi connectivity index (χ1v) is 9.25. The fourth-order valence-corrected chi connectivity index (χ4v) is 2.52. The van der Waals surface area contributed by atoms with E-state index >= 15 is 0 Å². The van der Waals surface area contributed by atoms with Crippen molar-refractivity contribution < 1.29 is 9.53 Å². The minimum Gasteiger partial charge on any atom is -0.484 e. The fourth-order valence-electron chi connectivity index (χ4n) is 2.39. The largest absolute Gasteiger partial charge is 0.484 e. The number of hydrogen-bond acceptors (Lipinski definition) is 2. The quantitative estimate of drug-likeness (QED) is 0.491. The maximum atomic E-state index is 11.7. The highest BCUT2D eigenvalue weighted by atomic mass is 35.5. The van der Waals surface area contributed by atoms with Crippen LogP contribution in [0.3, 0.4) is 0 Å². The normalized spacial score (nSPS) is 10.5. The highest BCUT2D eigenvalue weighted by Gasteiger charge is 2.02. The molecular formula is C19H30ClNO2. The molecule has 23 heavy (non-hydrogen) atoms. The summed E-state index contributed by atoms with van der Waals surface area (Å²) < 4.78 is 5.39. The summed E-state index contributed by atoms with van der Waals surface area (Å²) in [6.07, 6.45) is 11.6. The van der Waals surface area contributed by atoms with Gasteiger partial charge in [-0.05, 0) is 30.7 Å². The van der Waals surface area contributed by atoms with E-state index in [1.807, 2.05) is 0 Å². The molecule has 0 aliphatic rings. The summed E-state index contributed by atoms with van der Waals surface area (Å²) in [5, 5.41) is 3.55. The van der Waals surface area contributed by atoms with Crippen molar-refractivity contribution in [3.63, 3.8) is 0 Å². The van der Waals surface area contributed by atoms with E-state index < -0.39 is 0 Å². The van der Waals surface area contributed by atoms with E-state index in [4.69, 9.17) is 16.3 Å². The molecule has 0 radical (unpaired) electrons. The third-order valence-corrected chi connectivity index (χ3v) is 4.04. The molecule has 0 aromatic heterocycles. The lowest BCUT2D eigenvalue weighted by Crippen LogP contribution is -2.29. The van der Waals surface area contributed by atoms with Crippen LogP contribution in [-0.2, 0) is 4.79 Å². The predicted octanol–water partition coefficient (Wildman–Crippen LogP) is 5.37. The Morgan fingerprint density at radius 3 is 2.13 bits per heavy atom. The van der Waals surface area contributed by atoms with E-state index in [0.29, 0.717) is 10.8 Å². The number of unbranched alkanes of at least 4 members (excludes halogenated alkanes) is 8. The van der Waals surface area contributed by atoms with Crippen molar-refractivity contribution in [3.8, 4) is 5.75 Å². The van der Waals surface area contributed by atoms with Crippen LogP contribution in [0.25, 0.3) is 0 Å². The van der Waals surface area contributed by atoms with Gasteiger partial charge in [-0.1, -0.05) is 69.9 Å². The standard InChI is InChI=1S/C19H30ClNO2/c1-2-3-4-5-6-7-8-9-10-15-21-19(22)16-23-18-13-11-17(20)12-14-18/h11-14H,2-10,15-16H2,1H3,(H,21,22). The summed E-state index contributed by atoms with van der Waals surface area (Å²) in [6, 6.07) is 7.01. The van der Waals surface area contributed by atoms with Crippen LogP contribution in [0.1, 0.15) is 64.7 Å². The molecule has 1 amide bonds. The van der Waals surface area contributed by atoms with Crippen LogP contribution < -0.4 is 10.1 Å². The van der Waals surface area contributed by atoms with Crippen molar-refractivity contribution in [2.45, 2.75) is 64.7 Å². The summed E-state index contributed by atoms with van der Waals surface area (Å²) in [7, 11) is 0. The Morgan fingerprint density at radius 2 is 1.52 bits per heavy atom. The van der Waals surface area contributed by atoms with Gasteiger partial charge in [0.1, 0.15) is 5.75 Å². The Kier molecular flexibility index (Phi) is 11.4. The first-order valence-electron chi connectivity index (χ1n) is 8.87. The molecule has 130 valence electrons. The van der Waals surface area contributed by atoms with E-state index in [9.17, 15) is 4.79 Å². The maximum Gasteiger partial charge on any atom is 0.257 e. The van der Waals surface area contributed by atoms with Crippen LogP contribution in [-0.4, -0.2) is 19.1 Å². The van der Waals surface area contributed by atoms with Gasteiger partial charge in [-0.3, -0.25) is 4.79 Å². The zero-order chi connectivity index (χ0) is 16.8. The van der Waals surface area contributed by atoms with Crippen molar-refractivity contribution in [1.29, 1.82) is 0 Å². The molecule has 0 aliphatic heterocycles. The maximum absolute atomic E-state index is 11.7. The molecule has 0 spiro atoms. The van der Waals surface area contributed by atoms with Crippen molar-refractivity contribution >= 4 is 17.5 Å². The van der Waals surface area contributed by atoms with E-state index in [0.717, 1.165) is 13.0 Å². The predicted molar refractivity (Wildman–Crippen MR) is 97.2 cm³/mol. The number of rotatable bonds is 13. The van der Waals surface area contributed by atoms with E-state index in [-0.39, 0.29) is 12.5 Å². The van der Waals surface area contributed by atoms with Crippen LogP contribution in [0.15, 0.2) is 24.3 Å². The molecule has 0 saturated carbocycles. The molecule has 3 nitrogen and oxygen atoms in total. The van der Waals surface area contributed by atoms with Gasteiger partial charge in [0.05, 0.1) is 0 Å². The summed E-state index contributed by atoms with van der Waals surface area (Å²) in [6.45, 7) is 3.03. The van der Waals surface area contributed by atoms with Crippen molar-refractivity contribution in [3.05, 3.63) is 29.3 Å². The molecule has 0 fully saturated rings. The van der Waals surface area contributed by atoms with Gasteiger partial charge in [0.25, 0.3) is 5.91 Å². The Bertz CT molecular complexity index is 420. The average Bonchev–Trinajstić information content (AvgIpc) is 2.56. The monoisotopic (exact) mass is 339 g/mol. The van der Waals surface area contributed by atoms with E-state index in [2.05, 4.69) is 12.2 Å². The highest BCUT2D eigenvalue weighted by Crippen LogP contribution is 2.15. The lowest BCUT2D eigenvalue weighted by molar-refractivity contribution is -0.123. The Balaban J connectivity index is 1.91. The molecule has 1 aromatic carbocycles. The Labute approximate surface area is 145 Å². The third kappa shape index (κ3) is 11.0. The molecule has 4 heteroatoms. The molecule has 1 N–H and O–H groups in total. The molecule has 0 unspecified atom stereocenters.